The second-order valence-electron chi connectivity index (χ2n) is 8.94. The number of carbonyl (C=O) groups is 1. The van der Waals surface area contributed by atoms with Gasteiger partial charge >= 0.3 is 6.18 Å². The summed E-state index contributed by atoms with van der Waals surface area (Å²) in [5.74, 6) is 0.169. The molecule has 0 saturated carbocycles. The molecule has 0 saturated heterocycles. The predicted molar refractivity (Wildman–Crippen MR) is 131 cm³/mol. The van der Waals surface area contributed by atoms with Crippen molar-refractivity contribution < 1.29 is 27.4 Å². The van der Waals surface area contributed by atoms with E-state index in [4.69, 9.17) is 9.47 Å². The number of halogens is 3. The van der Waals surface area contributed by atoms with Crippen LogP contribution in [0.5, 0.6) is 11.5 Å². The number of rotatable bonds is 5. The summed E-state index contributed by atoms with van der Waals surface area (Å²) in [6.07, 6.45) is -0.179. The molecule has 2 aliphatic rings. The minimum atomic E-state index is -4.59. The van der Waals surface area contributed by atoms with Crippen LogP contribution in [0, 0.1) is 11.3 Å². The summed E-state index contributed by atoms with van der Waals surface area (Å²) in [5, 5.41) is 19.9. The molecule has 1 aliphatic heterocycles. The minimum absolute atomic E-state index is 0.0327. The Balaban J connectivity index is 1.49. The maximum Gasteiger partial charge on any atom is 0.410 e. The van der Waals surface area contributed by atoms with E-state index in [2.05, 4.69) is 21.8 Å². The summed E-state index contributed by atoms with van der Waals surface area (Å²) in [5.41, 5.74) is 1.89. The van der Waals surface area contributed by atoms with Gasteiger partial charge in [0.1, 0.15) is 22.5 Å². The first-order chi connectivity index (χ1) is 17.7. The Morgan fingerprint density at radius 3 is 2.70 bits per heavy atom. The van der Waals surface area contributed by atoms with Gasteiger partial charge in [0.2, 0.25) is 0 Å². The quantitative estimate of drug-likeness (QED) is 0.443. The van der Waals surface area contributed by atoms with Crippen LogP contribution < -0.4 is 20.1 Å². The van der Waals surface area contributed by atoms with Crippen molar-refractivity contribution in [2.45, 2.75) is 50.4 Å². The molecule has 5 rings (SSSR count). The number of amides is 1. The maximum absolute atomic E-state index is 14.1. The molecule has 0 unspecified atom stereocenters. The van der Waals surface area contributed by atoms with Gasteiger partial charge in [0.05, 0.1) is 32.0 Å². The van der Waals surface area contributed by atoms with Crippen LogP contribution in [0.3, 0.4) is 0 Å². The Morgan fingerprint density at radius 1 is 1.24 bits per heavy atom. The SMILES string of the molecule is COc1ccc([C@@H]2C[C@@H](C(F)(F)F)n3ncc(C(=O)Nc4sc5c(c4C#N)CCCC5)c3N2)cc1OC. The van der Waals surface area contributed by atoms with Crippen molar-refractivity contribution in [3.8, 4) is 17.6 Å². The molecule has 3 heterocycles. The van der Waals surface area contributed by atoms with Crippen LogP contribution in [-0.4, -0.2) is 36.1 Å². The van der Waals surface area contributed by atoms with Crippen molar-refractivity contribution in [1.29, 1.82) is 5.26 Å². The fraction of sp³-hybridized carbons (Fsp3) is 0.400. The number of aromatic nitrogens is 2. The van der Waals surface area contributed by atoms with Crippen molar-refractivity contribution in [2.24, 2.45) is 0 Å². The van der Waals surface area contributed by atoms with Crippen LogP contribution in [0.2, 0.25) is 0 Å². The van der Waals surface area contributed by atoms with Crippen molar-refractivity contribution in [2.75, 3.05) is 24.9 Å². The lowest BCUT2D eigenvalue weighted by Crippen LogP contribution is -2.36. The van der Waals surface area contributed by atoms with Gasteiger partial charge in [0.25, 0.3) is 5.91 Å². The molecular weight excluding hydrogens is 507 g/mol. The molecule has 2 aromatic heterocycles. The van der Waals surface area contributed by atoms with Crippen molar-refractivity contribution in [3.63, 3.8) is 0 Å². The number of methoxy groups -OCH3 is 2. The number of nitrogens with one attached hydrogen (secondary N) is 2. The van der Waals surface area contributed by atoms with Gasteiger partial charge in [-0.15, -0.1) is 11.3 Å². The molecule has 1 aromatic carbocycles. The monoisotopic (exact) mass is 531 g/mol. The molecule has 0 bridgehead atoms. The highest BCUT2D eigenvalue weighted by Gasteiger charge is 2.47. The van der Waals surface area contributed by atoms with E-state index in [-0.39, 0.29) is 17.8 Å². The summed E-state index contributed by atoms with van der Waals surface area (Å²) in [6, 6.07) is 4.37. The highest BCUT2D eigenvalue weighted by atomic mass is 32.1. The predicted octanol–water partition coefficient (Wildman–Crippen LogP) is 5.62. The normalized spacial score (nSPS) is 18.7. The van der Waals surface area contributed by atoms with Crippen molar-refractivity contribution in [3.05, 3.63) is 51.5 Å². The molecule has 12 heteroatoms. The molecule has 37 heavy (non-hydrogen) atoms. The number of hydrogen-bond donors (Lipinski definition) is 2. The van der Waals surface area contributed by atoms with Gasteiger partial charge in [0.15, 0.2) is 17.5 Å². The molecule has 8 nitrogen and oxygen atoms in total. The Hall–Kier alpha value is -3.72. The van der Waals surface area contributed by atoms with Crippen LogP contribution in [0.25, 0.3) is 0 Å². The number of ether oxygens (including phenoxy) is 2. The number of alkyl halides is 3. The van der Waals surface area contributed by atoms with E-state index < -0.39 is 24.2 Å². The largest absolute Gasteiger partial charge is 0.493 e. The second kappa shape index (κ2) is 9.63. The van der Waals surface area contributed by atoms with E-state index >= 15 is 0 Å². The zero-order chi connectivity index (χ0) is 26.3. The number of nitriles is 1. The van der Waals surface area contributed by atoms with Crippen LogP contribution in [0.1, 0.15) is 63.3 Å². The smallest absolute Gasteiger partial charge is 0.410 e. The van der Waals surface area contributed by atoms with Gasteiger partial charge in [-0.3, -0.25) is 4.79 Å². The molecule has 194 valence electrons. The summed E-state index contributed by atoms with van der Waals surface area (Å²) >= 11 is 1.35. The summed E-state index contributed by atoms with van der Waals surface area (Å²) < 4.78 is 53.7. The zero-order valence-electron chi connectivity index (χ0n) is 20.1. The lowest BCUT2D eigenvalue weighted by atomic mass is 9.96. The van der Waals surface area contributed by atoms with Gasteiger partial charge in [-0.2, -0.15) is 23.5 Å². The third-order valence-corrected chi connectivity index (χ3v) is 8.01. The number of anilines is 2. The average molecular weight is 532 g/mol. The number of nitrogens with zero attached hydrogens (tertiary/aromatic N) is 3. The molecule has 2 atom stereocenters. The Morgan fingerprint density at radius 2 is 2.00 bits per heavy atom. The topological polar surface area (TPSA) is 101 Å². The fourth-order valence-corrected chi connectivity index (χ4v) is 6.19. The lowest BCUT2D eigenvalue weighted by Gasteiger charge is -2.34. The Labute approximate surface area is 215 Å². The average Bonchev–Trinajstić information content (AvgIpc) is 3.47. The number of aryl methyl sites for hydroxylation is 1. The summed E-state index contributed by atoms with van der Waals surface area (Å²) in [4.78, 5) is 14.4. The molecule has 0 radical (unpaired) electrons. The third kappa shape index (κ3) is 4.48. The first kappa shape index (κ1) is 25.0. The standard InChI is InChI=1S/C25H24F3N5O3S/c1-35-18-8-7-13(9-19(18)36-2)17-10-21(25(26,27)28)33-22(31-17)16(12-30-33)23(34)32-24-15(11-29)14-5-3-4-6-20(14)37-24/h7-9,12,17,21,31H,3-6,10H2,1-2H3,(H,32,34)/t17-,21-/m0/s1. The van der Waals surface area contributed by atoms with E-state index in [0.717, 1.165) is 47.0 Å². The number of thiophene rings is 1. The van der Waals surface area contributed by atoms with Crippen molar-refractivity contribution in [1.82, 2.24) is 9.78 Å². The van der Waals surface area contributed by atoms with Crippen LogP contribution in [0.4, 0.5) is 24.0 Å². The molecule has 0 fully saturated rings. The summed E-state index contributed by atoms with van der Waals surface area (Å²) in [6.45, 7) is 0. The number of fused-ring (bicyclic) bond motifs is 2. The van der Waals surface area contributed by atoms with Gasteiger partial charge in [-0.1, -0.05) is 6.07 Å². The molecule has 1 aliphatic carbocycles. The number of benzene rings is 1. The fourth-order valence-electron chi connectivity index (χ4n) is 4.96. The number of carbonyl (C=O) groups excluding carboxylic acids is 1. The first-order valence-electron chi connectivity index (χ1n) is 11.7. The number of hydrogen-bond acceptors (Lipinski definition) is 7. The Kier molecular flexibility index (Phi) is 6.49. The molecule has 0 spiro atoms. The zero-order valence-corrected chi connectivity index (χ0v) is 20.9. The molecule has 1 amide bonds. The van der Waals surface area contributed by atoms with Gasteiger partial charge in [-0.05, 0) is 48.9 Å². The maximum atomic E-state index is 14.1. The van der Waals surface area contributed by atoms with E-state index in [0.29, 0.717) is 27.6 Å². The van der Waals surface area contributed by atoms with Crippen molar-refractivity contribution >= 4 is 28.1 Å². The highest BCUT2D eigenvalue weighted by molar-refractivity contribution is 7.16. The Bertz CT molecular complexity index is 1390. The molecular formula is C25H24F3N5O3S. The molecule has 3 aromatic rings. The van der Waals surface area contributed by atoms with Gasteiger partial charge in [-0.25, -0.2) is 4.68 Å². The van der Waals surface area contributed by atoms with Crippen LogP contribution >= 0.6 is 11.3 Å². The second-order valence-corrected chi connectivity index (χ2v) is 10.0. The van der Waals surface area contributed by atoms with E-state index in [1.54, 1.807) is 18.2 Å². The van der Waals surface area contributed by atoms with E-state index in [9.17, 15) is 23.2 Å². The third-order valence-electron chi connectivity index (χ3n) is 6.80. The van der Waals surface area contributed by atoms with E-state index in [1.807, 2.05) is 0 Å². The minimum Gasteiger partial charge on any atom is -0.493 e. The molecule has 2 N–H and O–H groups in total. The highest BCUT2D eigenvalue weighted by Crippen LogP contribution is 2.46. The summed E-state index contributed by atoms with van der Waals surface area (Å²) in [7, 11) is 2.92. The van der Waals surface area contributed by atoms with Gasteiger partial charge in [0, 0.05) is 11.3 Å². The lowest BCUT2D eigenvalue weighted by molar-refractivity contribution is -0.173. The van der Waals surface area contributed by atoms with E-state index in [1.165, 1.54) is 25.6 Å². The first-order valence-corrected chi connectivity index (χ1v) is 12.6. The van der Waals surface area contributed by atoms with Crippen LogP contribution in [0.15, 0.2) is 24.4 Å². The van der Waals surface area contributed by atoms with Gasteiger partial charge < -0.3 is 20.1 Å². The van der Waals surface area contributed by atoms with Crippen LogP contribution in [-0.2, 0) is 12.8 Å².